The summed E-state index contributed by atoms with van der Waals surface area (Å²) in [7, 11) is 0. The minimum Gasteiger partial charge on any atom is -0.303 e. The molecule has 0 radical (unpaired) electrons. The smallest absolute Gasteiger partial charge is 0.108 e. The second kappa shape index (κ2) is 6.04. The van der Waals surface area contributed by atoms with E-state index in [4.69, 9.17) is 0 Å². The maximum Gasteiger partial charge on any atom is 0.108 e. The minimum atomic E-state index is 0.382. The molecule has 3 aromatic rings. The number of nitrogens with zero attached hydrogens (tertiary/aromatic N) is 1. The van der Waals surface area contributed by atoms with Crippen molar-refractivity contribution in [2.24, 2.45) is 0 Å². The van der Waals surface area contributed by atoms with Crippen molar-refractivity contribution < 1.29 is 0 Å². The Kier molecular flexibility index (Phi) is 4.15. The Balaban J connectivity index is 1.66. The summed E-state index contributed by atoms with van der Waals surface area (Å²) < 4.78 is 1.27. The van der Waals surface area contributed by atoms with E-state index in [1.54, 1.807) is 11.3 Å². The number of hydrogen-bond donors (Lipinski definition) is 1. The third-order valence-corrected chi connectivity index (χ3v) is 5.80. The molecule has 20 heavy (non-hydrogen) atoms. The van der Waals surface area contributed by atoms with Crippen molar-refractivity contribution in [1.82, 2.24) is 10.3 Å². The maximum absolute atomic E-state index is 4.66. The number of aryl methyl sites for hydroxylation is 1. The quantitative estimate of drug-likeness (QED) is 0.734. The molecule has 0 fully saturated rings. The maximum atomic E-state index is 4.66. The van der Waals surface area contributed by atoms with Crippen LogP contribution in [0, 0.1) is 0 Å². The molecular weight excluding hydrogens is 284 g/mol. The third kappa shape index (κ3) is 2.92. The highest BCUT2D eigenvalue weighted by Crippen LogP contribution is 2.25. The largest absolute Gasteiger partial charge is 0.303 e. The molecule has 4 heteroatoms. The van der Waals surface area contributed by atoms with Crippen LogP contribution >= 0.6 is 22.7 Å². The Morgan fingerprint density at radius 3 is 2.75 bits per heavy atom. The van der Waals surface area contributed by atoms with Crippen LogP contribution in [0.15, 0.2) is 36.4 Å². The number of para-hydroxylation sites is 1. The number of thiazole rings is 1. The molecule has 0 aliphatic rings. The number of fused-ring (bicyclic) bond motifs is 1. The number of aromatic nitrogens is 1. The summed E-state index contributed by atoms with van der Waals surface area (Å²) >= 11 is 3.68. The Bertz CT molecular complexity index is 666. The Hall–Kier alpha value is -1.23. The number of benzene rings is 1. The van der Waals surface area contributed by atoms with Crippen molar-refractivity contribution in [3.8, 4) is 0 Å². The molecule has 2 aromatic heterocycles. The van der Waals surface area contributed by atoms with E-state index in [1.807, 2.05) is 17.4 Å². The van der Waals surface area contributed by atoms with E-state index < -0.39 is 0 Å². The first kappa shape index (κ1) is 13.7. The fraction of sp³-hybridized carbons (Fsp3) is 0.312. The average molecular weight is 302 g/mol. The van der Waals surface area contributed by atoms with Crippen LogP contribution in [-0.2, 0) is 13.0 Å². The fourth-order valence-corrected chi connectivity index (χ4v) is 4.05. The fourth-order valence-electron chi connectivity index (χ4n) is 2.15. The van der Waals surface area contributed by atoms with Gasteiger partial charge in [-0.1, -0.05) is 19.1 Å². The zero-order valence-corrected chi connectivity index (χ0v) is 13.4. The van der Waals surface area contributed by atoms with Gasteiger partial charge in [-0.15, -0.1) is 22.7 Å². The Morgan fingerprint density at radius 2 is 2.00 bits per heavy atom. The van der Waals surface area contributed by atoms with Crippen molar-refractivity contribution in [1.29, 1.82) is 0 Å². The predicted octanol–water partition coefficient (Wildman–Crippen LogP) is 4.77. The van der Waals surface area contributed by atoms with Crippen LogP contribution in [-0.4, -0.2) is 4.98 Å². The van der Waals surface area contributed by atoms with Gasteiger partial charge in [0.05, 0.1) is 10.2 Å². The van der Waals surface area contributed by atoms with E-state index in [2.05, 4.69) is 54.5 Å². The normalized spacial score (nSPS) is 12.9. The molecule has 0 aliphatic heterocycles. The standard InChI is InChI=1S/C16H18N2S2/c1-3-12-8-9-14(19-12)11(2)17-10-16-18-13-6-4-5-7-15(13)20-16/h4-9,11,17H,3,10H2,1-2H3. The van der Waals surface area contributed by atoms with Crippen LogP contribution in [0.1, 0.15) is 34.7 Å². The van der Waals surface area contributed by atoms with E-state index in [0.717, 1.165) is 23.5 Å². The summed E-state index contributed by atoms with van der Waals surface area (Å²) in [6.07, 6.45) is 1.12. The predicted molar refractivity (Wildman–Crippen MR) is 88.6 cm³/mol. The highest BCUT2D eigenvalue weighted by molar-refractivity contribution is 7.18. The summed E-state index contributed by atoms with van der Waals surface area (Å²) in [6.45, 7) is 5.26. The van der Waals surface area contributed by atoms with Crippen molar-refractivity contribution in [3.05, 3.63) is 51.2 Å². The zero-order valence-electron chi connectivity index (χ0n) is 11.7. The monoisotopic (exact) mass is 302 g/mol. The molecule has 1 aromatic carbocycles. The molecule has 0 aliphatic carbocycles. The van der Waals surface area contributed by atoms with Crippen LogP contribution in [0.3, 0.4) is 0 Å². The zero-order chi connectivity index (χ0) is 13.9. The van der Waals surface area contributed by atoms with Crippen LogP contribution in [0.4, 0.5) is 0 Å². The first-order valence-corrected chi connectivity index (χ1v) is 8.56. The lowest BCUT2D eigenvalue weighted by molar-refractivity contribution is 0.582. The lowest BCUT2D eigenvalue weighted by Crippen LogP contribution is -2.16. The van der Waals surface area contributed by atoms with Gasteiger partial charge in [0.15, 0.2) is 0 Å². The van der Waals surface area contributed by atoms with E-state index in [1.165, 1.54) is 14.5 Å². The highest BCUT2D eigenvalue weighted by Gasteiger charge is 2.09. The first-order valence-electron chi connectivity index (χ1n) is 6.92. The van der Waals surface area contributed by atoms with E-state index in [9.17, 15) is 0 Å². The third-order valence-electron chi connectivity index (χ3n) is 3.36. The van der Waals surface area contributed by atoms with Gasteiger partial charge in [-0.05, 0) is 37.6 Å². The molecule has 3 rings (SSSR count). The van der Waals surface area contributed by atoms with E-state index in [0.29, 0.717) is 6.04 Å². The van der Waals surface area contributed by atoms with Gasteiger partial charge in [-0.25, -0.2) is 4.98 Å². The van der Waals surface area contributed by atoms with Crippen molar-refractivity contribution in [3.63, 3.8) is 0 Å². The van der Waals surface area contributed by atoms with Crippen LogP contribution in [0.5, 0.6) is 0 Å². The van der Waals surface area contributed by atoms with Gasteiger partial charge in [-0.3, -0.25) is 0 Å². The second-order valence-corrected chi connectivity index (χ2v) is 7.15. The van der Waals surface area contributed by atoms with Crippen LogP contribution in [0.2, 0.25) is 0 Å². The molecule has 104 valence electrons. The van der Waals surface area contributed by atoms with Crippen molar-refractivity contribution >= 4 is 32.9 Å². The molecule has 1 atom stereocenters. The molecule has 2 heterocycles. The first-order chi connectivity index (χ1) is 9.76. The average Bonchev–Trinajstić information content (AvgIpc) is 3.10. The molecule has 1 unspecified atom stereocenters. The van der Waals surface area contributed by atoms with Crippen LogP contribution < -0.4 is 5.32 Å². The van der Waals surface area contributed by atoms with Gasteiger partial charge in [0.1, 0.15) is 5.01 Å². The van der Waals surface area contributed by atoms with Gasteiger partial charge < -0.3 is 5.32 Å². The lowest BCUT2D eigenvalue weighted by Gasteiger charge is -2.10. The van der Waals surface area contributed by atoms with Gasteiger partial charge in [0.25, 0.3) is 0 Å². The summed E-state index contributed by atoms with van der Waals surface area (Å²) in [4.78, 5) is 7.52. The molecule has 0 saturated heterocycles. The van der Waals surface area contributed by atoms with Gasteiger partial charge >= 0.3 is 0 Å². The summed E-state index contributed by atoms with van der Waals surface area (Å²) in [5.41, 5.74) is 1.10. The van der Waals surface area contributed by atoms with Crippen molar-refractivity contribution in [2.75, 3.05) is 0 Å². The summed E-state index contributed by atoms with van der Waals surface area (Å²) in [5, 5.41) is 4.73. The molecule has 1 N–H and O–H groups in total. The topological polar surface area (TPSA) is 24.9 Å². The Morgan fingerprint density at radius 1 is 1.15 bits per heavy atom. The number of nitrogens with one attached hydrogen (secondary N) is 1. The van der Waals surface area contributed by atoms with Gasteiger partial charge in [0.2, 0.25) is 0 Å². The number of hydrogen-bond acceptors (Lipinski definition) is 4. The highest BCUT2D eigenvalue weighted by atomic mass is 32.1. The molecule has 2 nitrogen and oxygen atoms in total. The minimum absolute atomic E-state index is 0.382. The lowest BCUT2D eigenvalue weighted by atomic mass is 10.2. The van der Waals surface area contributed by atoms with Gasteiger partial charge in [-0.2, -0.15) is 0 Å². The molecule has 0 saturated carbocycles. The molecular formula is C16H18N2S2. The number of rotatable bonds is 5. The van der Waals surface area contributed by atoms with Crippen LogP contribution in [0.25, 0.3) is 10.2 Å². The summed E-state index contributed by atoms with van der Waals surface area (Å²) in [5.74, 6) is 0. The van der Waals surface area contributed by atoms with Crippen molar-refractivity contribution in [2.45, 2.75) is 32.9 Å². The SMILES string of the molecule is CCc1ccc(C(C)NCc2nc3ccccc3s2)s1. The molecule has 0 spiro atoms. The Labute approximate surface area is 127 Å². The van der Waals surface area contributed by atoms with E-state index in [-0.39, 0.29) is 0 Å². The van der Waals surface area contributed by atoms with Gasteiger partial charge in [0, 0.05) is 22.3 Å². The molecule has 0 bridgehead atoms. The number of thiophene rings is 1. The summed E-state index contributed by atoms with van der Waals surface area (Å²) in [6, 6.07) is 13.2. The second-order valence-electron chi connectivity index (χ2n) is 4.84. The van der Waals surface area contributed by atoms with E-state index >= 15 is 0 Å². The molecule has 0 amide bonds.